The van der Waals surface area contributed by atoms with E-state index in [1.54, 1.807) is 0 Å². The highest BCUT2D eigenvalue weighted by Gasteiger charge is 2.13. The van der Waals surface area contributed by atoms with Gasteiger partial charge in [-0.25, -0.2) is 0 Å². The summed E-state index contributed by atoms with van der Waals surface area (Å²) in [5, 5.41) is 4.77. The van der Waals surface area contributed by atoms with Crippen LogP contribution in [0.25, 0.3) is 77.2 Å². The fourth-order valence-corrected chi connectivity index (χ4v) is 5.99. The van der Waals surface area contributed by atoms with Crippen LogP contribution >= 0.6 is 0 Å². The van der Waals surface area contributed by atoms with Crippen LogP contribution < -0.4 is 0 Å². The zero-order valence-corrected chi connectivity index (χ0v) is 22.4. The molecule has 1 aromatic heterocycles. The van der Waals surface area contributed by atoms with Crippen LogP contribution in [0, 0.1) is 0 Å². The molecule has 0 N–H and O–H groups in total. The van der Waals surface area contributed by atoms with E-state index >= 15 is 0 Å². The predicted octanol–water partition coefficient (Wildman–Crippen LogP) is 11.4. The summed E-state index contributed by atoms with van der Waals surface area (Å²) in [5.41, 5.74) is 11.4. The van der Waals surface area contributed by atoms with Gasteiger partial charge in [0.2, 0.25) is 0 Å². The quantitative estimate of drug-likeness (QED) is 0.224. The second-order valence-electron chi connectivity index (χ2n) is 10.6. The third-order valence-electron chi connectivity index (χ3n) is 8.05. The van der Waals surface area contributed by atoms with Crippen LogP contribution in [-0.4, -0.2) is 0 Å². The highest BCUT2D eigenvalue weighted by molar-refractivity contribution is 6.09. The molecule has 0 bridgehead atoms. The van der Waals surface area contributed by atoms with E-state index in [0.717, 1.165) is 21.9 Å². The lowest BCUT2D eigenvalue weighted by atomic mass is 9.92. The van der Waals surface area contributed by atoms with Crippen molar-refractivity contribution in [1.29, 1.82) is 0 Å². The van der Waals surface area contributed by atoms with Crippen LogP contribution in [0.4, 0.5) is 0 Å². The molecular weight excluding hydrogens is 496 g/mol. The fourth-order valence-electron chi connectivity index (χ4n) is 5.99. The van der Waals surface area contributed by atoms with Gasteiger partial charge in [0.05, 0.1) is 0 Å². The number of furan rings is 1. The average molecular weight is 523 g/mol. The number of fused-ring (bicyclic) bond motifs is 4. The van der Waals surface area contributed by atoms with Crippen LogP contribution in [0.5, 0.6) is 0 Å². The highest BCUT2D eigenvalue weighted by Crippen LogP contribution is 2.38. The van der Waals surface area contributed by atoms with Crippen LogP contribution in [0.2, 0.25) is 0 Å². The third kappa shape index (κ3) is 4.20. The molecule has 41 heavy (non-hydrogen) atoms. The van der Waals surface area contributed by atoms with Crippen molar-refractivity contribution in [1.82, 2.24) is 0 Å². The Balaban J connectivity index is 1.31. The van der Waals surface area contributed by atoms with Crippen LogP contribution in [0.3, 0.4) is 0 Å². The van der Waals surface area contributed by atoms with Crippen LogP contribution in [0.1, 0.15) is 0 Å². The van der Waals surface area contributed by atoms with Gasteiger partial charge in [-0.1, -0.05) is 115 Å². The lowest BCUT2D eigenvalue weighted by Gasteiger charge is -2.11. The average Bonchev–Trinajstić information content (AvgIpc) is 3.42. The molecule has 0 aliphatic carbocycles. The maximum Gasteiger partial charge on any atom is 0.135 e. The summed E-state index contributed by atoms with van der Waals surface area (Å²) in [6.45, 7) is 0. The van der Waals surface area contributed by atoms with Gasteiger partial charge in [-0.2, -0.15) is 0 Å². The number of benzene rings is 7. The van der Waals surface area contributed by atoms with Crippen molar-refractivity contribution in [2.75, 3.05) is 0 Å². The van der Waals surface area contributed by atoms with Gasteiger partial charge in [0.25, 0.3) is 0 Å². The van der Waals surface area contributed by atoms with Gasteiger partial charge >= 0.3 is 0 Å². The fraction of sp³-hybridized carbons (Fsp3) is 0. The van der Waals surface area contributed by atoms with Gasteiger partial charge in [0.15, 0.2) is 0 Å². The first kappa shape index (κ1) is 23.5. The molecule has 0 atom stereocenters. The Morgan fingerprint density at radius 3 is 1.46 bits per heavy atom. The van der Waals surface area contributed by atoms with E-state index in [2.05, 4.69) is 158 Å². The van der Waals surface area contributed by atoms with Crippen LogP contribution in [0.15, 0.2) is 162 Å². The summed E-state index contributed by atoms with van der Waals surface area (Å²) in [6.07, 6.45) is 0. The van der Waals surface area contributed by atoms with E-state index in [-0.39, 0.29) is 0 Å². The molecule has 7 aromatic carbocycles. The van der Waals surface area contributed by atoms with E-state index in [1.165, 1.54) is 55.3 Å². The molecule has 0 saturated heterocycles. The first-order valence-electron chi connectivity index (χ1n) is 14.0. The monoisotopic (exact) mass is 522 g/mol. The van der Waals surface area contributed by atoms with Gasteiger partial charge in [0, 0.05) is 10.8 Å². The molecule has 192 valence electrons. The van der Waals surface area contributed by atoms with Crippen molar-refractivity contribution >= 4 is 32.7 Å². The van der Waals surface area contributed by atoms with Crippen molar-refractivity contribution in [3.05, 3.63) is 158 Å². The zero-order chi connectivity index (χ0) is 27.2. The van der Waals surface area contributed by atoms with Crippen LogP contribution in [-0.2, 0) is 0 Å². The van der Waals surface area contributed by atoms with E-state index in [4.69, 9.17) is 4.42 Å². The topological polar surface area (TPSA) is 13.1 Å². The van der Waals surface area contributed by atoms with Gasteiger partial charge < -0.3 is 4.42 Å². The number of hydrogen-bond acceptors (Lipinski definition) is 1. The summed E-state index contributed by atoms with van der Waals surface area (Å²) < 4.78 is 6.31. The molecule has 1 heteroatoms. The molecule has 0 amide bonds. The highest BCUT2D eigenvalue weighted by atomic mass is 16.3. The number of hydrogen-bond donors (Lipinski definition) is 0. The Bertz CT molecular complexity index is 2120. The zero-order valence-electron chi connectivity index (χ0n) is 22.4. The van der Waals surface area contributed by atoms with Crippen molar-refractivity contribution in [3.8, 4) is 44.5 Å². The molecule has 0 aliphatic rings. The molecule has 1 heterocycles. The predicted molar refractivity (Wildman–Crippen MR) is 173 cm³/mol. The molecule has 8 rings (SSSR count). The normalized spacial score (nSPS) is 11.4. The molecule has 0 radical (unpaired) electrons. The minimum atomic E-state index is 0.904. The minimum Gasteiger partial charge on any atom is -0.456 e. The Labute approximate surface area is 238 Å². The summed E-state index contributed by atoms with van der Waals surface area (Å²) in [5.74, 6) is 0. The molecule has 1 nitrogen and oxygen atoms in total. The second-order valence-corrected chi connectivity index (χ2v) is 10.6. The summed E-state index contributed by atoms with van der Waals surface area (Å²) >= 11 is 0. The SMILES string of the molecule is c1ccc(-c2cc(-c3ccccc3)cc(-c3ccc4oc5ccc(-c6cccc7ccccc67)cc5c4c3)c2)cc1. The molecule has 0 unspecified atom stereocenters. The second kappa shape index (κ2) is 9.66. The van der Waals surface area contributed by atoms with Crippen molar-refractivity contribution in [2.24, 2.45) is 0 Å². The van der Waals surface area contributed by atoms with E-state index in [9.17, 15) is 0 Å². The first-order chi connectivity index (χ1) is 20.3. The van der Waals surface area contributed by atoms with Gasteiger partial charge in [-0.05, 0) is 97.7 Å². The molecule has 0 aliphatic heterocycles. The van der Waals surface area contributed by atoms with Crippen molar-refractivity contribution in [3.63, 3.8) is 0 Å². The number of rotatable bonds is 4. The smallest absolute Gasteiger partial charge is 0.135 e. The molecule has 0 saturated carbocycles. The largest absolute Gasteiger partial charge is 0.456 e. The Morgan fingerprint density at radius 2 is 0.805 bits per heavy atom. The summed E-state index contributed by atoms with van der Waals surface area (Å²) in [6, 6.07) is 56.3. The Kier molecular flexibility index (Phi) is 5.53. The summed E-state index contributed by atoms with van der Waals surface area (Å²) in [7, 11) is 0. The van der Waals surface area contributed by atoms with E-state index < -0.39 is 0 Å². The minimum absolute atomic E-state index is 0.904. The molecule has 8 aromatic rings. The molecule has 0 fully saturated rings. The Morgan fingerprint density at radius 1 is 0.293 bits per heavy atom. The van der Waals surface area contributed by atoms with Gasteiger partial charge in [-0.3, -0.25) is 0 Å². The van der Waals surface area contributed by atoms with Crippen molar-refractivity contribution < 1.29 is 4.42 Å². The maximum atomic E-state index is 6.31. The van der Waals surface area contributed by atoms with Crippen molar-refractivity contribution in [2.45, 2.75) is 0 Å². The van der Waals surface area contributed by atoms with E-state index in [1.807, 2.05) is 0 Å². The van der Waals surface area contributed by atoms with E-state index in [0.29, 0.717) is 0 Å². The lowest BCUT2D eigenvalue weighted by Crippen LogP contribution is -1.86. The first-order valence-corrected chi connectivity index (χ1v) is 14.0. The maximum absolute atomic E-state index is 6.31. The molecule has 0 spiro atoms. The lowest BCUT2D eigenvalue weighted by molar-refractivity contribution is 0.669. The van der Waals surface area contributed by atoms with Gasteiger partial charge in [0.1, 0.15) is 11.2 Å². The van der Waals surface area contributed by atoms with Gasteiger partial charge in [-0.15, -0.1) is 0 Å². The standard InChI is InChI=1S/C40H26O/c1-3-10-27(11-4-1)32-22-33(28-12-5-2-6-13-28)24-34(23-32)30-18-20-39-37(25-30)38-26-31(19-21-40(38)41-39)36-17-9-15-29-14-7-8-16-35(29)36/h1-26H. The molecular formula is C40H26O. The Hall–Kier alpha value is -5.40. The summed E-state index contributed by atoms with van der Waals surface area (Å²) in [4.78, 5) is 0. The third-order valence-corrected chi connectivity index (χ3v) is 8.05.